The number of hydrogen-bond donors (Lipinski definition) is 7. The van der Waals surface area contributed by atoms with Gasteiger partial charge in [0.05, 0.1) is 18.8 Å². The summed E-state index contributed by atoms with van der Waals surface area (Å²) in [6.07, 6.45) is -3.75. The molecule has 0 aromatic carbocycles. The number of Topliss-reactive ketones (excluding diaryl/α,β-unsaturated/α-hetero) is 2. The Morgan fingerprint density at radius 1 is 1.04 bits per heavy atom. The maximum atomic E-state index is 11.4. The minimum Gasteiger partial charge on any atom is -0.480 e. The fourth-order valence-electron chi connectivity index (χ4n) is 1.82. The molecule has 0 aliphatic carbocycles. The molecule has 10 nitrogen and oxygen atoms in total. The predicted octanol–water partition coefficient (Wildman–Crippen LogP) is -3.24. The van der Waals surface area contributed by atoms with Gasteiger partial charge >= 0.3 is 5.97 Å². The number of nitrogens with two attached hydrogens (primary N) is 1. The van der Waals surface area contributed by atoms with Crippen molar-refractivity contribution < 1.29 is 39.9 Å². The van der Waals surface area contributed by atoms with E-state index in [4.69, 9.17) is 21.1 Å². The zero-order valence-electron chi connectivity index (χ0n) is 13.3. The van der Waals surface area contributed by atoms with Crippen molar-refractivity contribution in [2.24, 2.45) is 5.73 Å². The summed E-state index contributed by atoms with van der Waals surface area (Å²) in [5.74, 6) is -3.36. The van der Waals surface area contributed by atoms with Gasteiger partial charge in [-0.25, -0.2) is 0 Å². The molecule has 0 fully saturated rings. The maximum Gasteiger partial charge on any atom is 0.320 e. The molecule has 0 heterocycles. The van der Waals surface area contributed by atoms with Crippen LogP contribution in [0.3, 0.4) is 0 Å². The van der Waals surface area contributed by atoms with Crippen molar-refractivity contribution in [3.63, 3.8) is 0 Å². The van der Waals surface area contributed by atoms with E-state index in [-0.39, 0.29) is 6.54 Å². The van der Waals surface area contributed by atoms with E-state index in [1.807, 2.05) is 0 Å². The number of carbonyl (C=O) groups is 3. The van der Waals surface area contributed by atoms with Crippen molar-refractivity contribution in [2.45, 2.75) is 50.0 Å². The summed E-state index contributed by atoms with van der Waals surface area (Å²) in [4.78, 5) is 33.2. The van der Waals surface area contributed by atoms with Gasteiger partial charge in [0.15, 0.2) is 0 Å². The number of unbranched alkanes of at least 4 members (excludes halogenated alkanes) is 1. The van der Waals surface area contributed by atoms with E-state index < -0.39 is 54.9 Å². The van der Waals surface area contributed by atoms with E-state index in [1.54, 1.807) is 0 Å². The van der Waals surface area contributed by atoms with Crippen LogP contribution < -0.4 is 11.1 Å². The second-order valence-corrected chi connectivity index (χ2v) is 5.47. The molecule has 140 valence electrons. The number of rotatable bonds is 14. The highest BCUT2D eigenvalue weighted by atomic mass is 16.4. The maximum absolute atomic E-state index is 11.4. The molecule has 0 amide bonds. The lowest BCUT2D eigenvalue weighted by atomic mass is 10.0. The molecule has 0 bridgehead atoms. The number of nitrogens with one attached hydrogen (secondary N) is 1. The summed E-state index contributed by atoms with van der Waals surface area (Å²) in [5.41, 5.74) is 5.34. The van der Waals surface area contributed by atoms with Gasteiger partial charge in [0.25, 0.3) is 0 Å². The number of ketones is 2. The summed E-state index contributed by atoms with van der Waals surface area (Å²) in [7, 11) is 0. The smallest absolute Gasteiger partial charge is 0.320 e. The minimum absolute atomic E-state index is 0.0316. The van der Waals surface area contributed by atoms with Gasteiger partial charge in [-0.2, -0.15) is 0 Å². The van der Waals surface area contributed by atoms with Crippen molar-refractivity contribution in [1.29, 1.82) is 0 Å². The first-order valence-corrected chi connectivity index (χ1v) is 7.61. The molecule has 3 unspecified atom stereocenters. The third-order valence-corrected chi connectivity index (χ3v) is 3.38. The molecule has 0 radical (unpaired) electrons. The van der Waals surface area contributed by atoms with Gasteiger partial charge in [0.2, 0.25) is 11.6 Å². The highest BCUT2D eigenvalue weighted by molar-refractivity contribution is 6.38. The lowest BCUT2D eigenvalue weighted by molar-refractivity contribution is -0.144. The first-order valence-electron chi connectivity index (χ1n) is 7.61. The van der Waals surface area contributed by atoms with Gasteiger partial charge in [0, 0.05) is 13.0 Å². The summed E-state index contributed by atoms with van der Waals surface area (Å²) in [6, 6.07) is -0.907. The largest absolute Gasteiger partial charge is 0.480 e. The zero-order chi connectivity index (χ0) is 18.7. The van der Waals surface area contributed by atoms with Crippen molar-refractivity contribution in [3.8, 4) is 0 Å². The third kappa shape index (κ3) is 9.01. The highest BCUT2D eigenvalue weighted by Crippen LogP contribution is 2.03. The Balaban J connectivity index is 3.91. The normalized spacial score (nSPS) is 16.2. The van der Waals surface area contributed by atoms with E-state index in [0.717, 1.165) is 0 Å². The molecular weight excluding hydrogens is 324 g/mol. The summed E-state index contributed by atoms with van der Waals surface area (Å²) in [6.45, 7) is -0.474. The molecular formula is C14H26N2O8. The van der Waals surface area contributed by atoms with Crippen molar-refractivity contribution in [3.05, 3.63) is 0 Å². The third-order valence-electron chi connectivity index (χ3n) is 3.38. The SMILES string of the molecule is N[C@@H](CCCCNCC(O)C(O)CC(=O)C(=O)C(O)CO)C(=O)O. The summed E-state index contributed by atoms with van der Waals surface area (Å²) in [5, 5.41) is 48.3. The van der Waals surface area contributed by atoms with Gasteiger partial charge in [-0.3, -0.25) is 14.4 Å². The molecule has 0 spiro atoms. The van der Waals surface area contributed by atoms with Crippen molar-refractivity contribution in [1.82, 2.24) is 5.32 Å². The van der Waals surface area contributed by atoms with Crippen LogP contribution in [-0.2, 0) is 14.4 Å². The fourth-order valence-corrected chi connectivity index (χ4v) is 1.82. The van der Waals surface area contributed by atoms with Gasteiger partial charge in [0.1, 0.15) is 12.1 Å². The number of aliphatic hydroxyl groups excluding tert-OH is 4. The van der Waals surface area contributed by atoms with Crippen molar-refractivity contribution in [2.75, 3.05) is 19.7 Å². The van der Waals surface area contributed by atoms with Crippen LogP contribution >= 0.6 is 0 Å². The quantitative estimate of drug-likeness (QED) is 0.124. The Bertz CT molecular complexity index is 418. The molecule has 0 aliphatic rings. The van der Waals surface area contributed by atoms with E-state index >= 15 is 0 Å². The standard InChI is InChI=1S/C14H26N2O8/c15-8(14(23)24)3-1-2-4-16-6-11(20)9(18)5-10(19)13(22)12(21)7-17/h8-9,11-12,16-18,20-21H,1-7,15H2,(H,23,24)/t8-,9?,11?,12?/m0/s1. The molecule has 8 N–H and O–H groups in total. The fraction of sp³-hybridized carbons (Fsp3) is 0.786. The van der Waals surface area contributed by atoms with E-state index in [0.29, 0.717) is 25.8 Å². The number of carboxylic acid groups (broad SMARTS) is 1. The van der Waals surface area contributed by atoms with Gasteiger partial charge in [-0.15, -0.1) is 0 Å². The highest BCUT2D eigenvalue weighted by Gasteiger charge is 2.27. The van der Waals surface area contributed by atoms with Gasteiger partial charge in [-0.1, -0.05) is 6.42 Å². The summed E-state index contributed by atoms with van der Waals surface area (Å²) < 4.78 is 0. The molecule has 24 heavy (non-hydrogen) atoms. The lowest BCUT2D eigenvalue weighted by Crippen LogP contribution is -2.40. The number of hydrogen-bond acceptors (Lipinski definition) is 9. The molecule has 0 saturated heterocycles. The number of aliphatic hydroxyl groups is 4. The van der Waals surface area contributed by atoms with Crippen LogP contribution in [0.1, 0.15) is 25.7 Å². The zero-order valence-corrected chi connectivity index (χ0v) is 13.3. The van der Waals surface area contributed by atoms with Gasteiger partial charge in [-0.05, 0) is 19.4 Å². The minimum atomic E-state index is -1.82. The van der Waals surface area contributed by atoms with Crippen LogP contribution in [-0.4, -0.2) is 87.1 Å². The average molecular weight is 350 g/mol. The lowest BCUT2D eigenvalue weighted by Gasteiger charge is -2.18. The number of carboxylic acids is 1. The van der Waals surface area contributed by atoms with Crippen LogP contribution in [0, 0.1) is 0 Å². The molecule has 10 heteroatoms. The Morgan fingerprint density at radius 2 is 1.67 bits per heavy atom. The molecule has 0 aromatic heterocycles. The number of aliphatic carboxylic acids is 1. The molecule has 0 aromatic rings. The Morgan fingerprint density at radius 3 is 2.21 bits per heavy atom. The Hall–Kier alpha value is -1.43. The van der Waals surface area contributed by atoms with Crippen molar-refractivity contribution >= 4 is 17.5 Å². The molecule has 4 atom stereocenters. The molecule has 0 rings (SSSR count). The Kier molecular flexibility index (Phi) is 11.3. The van der Waals surface area contributed by atoms with Crippen LogP contribution in [0.4, 0.5) is 0 Å². The predicted molar refractivity (Wildman–Crippen MR) is 82.1 cm³/mol. The van der Waals surface area contributed by atoms with Gasteiger partial charge < -0.3 is 36.6 Å². The van der Waals surface area contributed by atoms with E-state index in [1.165, 1.54) is 0 Å². The topological polar surface area (TPSA) is 190 Å². The first-order chi connectivity index (χ1) is 11.2. The monoisotopic (exact) mass is 350 g/mol. The summed E-state index contributed by atoms with van der Waals surface area (Å²) >= 11 is 0. The van der Waals surface area contributed by atoms with Crippen LogP contribution in [0.5, 0.6) is 0 Å². The second-order valence-electron chi connectivity index (χ2n) is 5.47. The van der Waals surface area contributed by atoms with Crippen LogP contribution in [0.15, 0.2) is 0 Å². The Labute approximate surface area is 139 Å². The molecule has 0 saturated carbocycles. The first kappa shape index (κ1) is 22.6. The average Bonchev–Trinajstić information content (AvgIpc) is 2.55. The van der Waals surface area contributed by atoms with E-state index in [9.17, 15) is 24.6 Å². The number of carbonyl (C=O) groups excluding carboxylic acids is 2. The van der Waals surface area contributed by atoms with E-state index in [2.05, 4.69) is 5.32 Å². The van der Waals surface area contributed by atoms with Crippen LogP contribution in [0.2, 0.25) is 0 Å². The second kappa shape index (κ2) is 12.0. The van der Waals surface area contributed by atoms with Crippen LogP contribution in [0.25, 0.3) is 0 Å². The molecule has 0 aliphatic heterocycles.